The van der Waals surface area contributed by atoms with E-state index in [0.717, 1.165) is 11.3 Å². The van der Waals surface area contributed by atoms with Gasteiger partial charge in [0.2, 0.25) is 5.96 Å². The quantitative estimate of drug-likeness (QED) is 0.802. The second-order valence-electron chi connectivity index (χ2n) is 4.38. The fourth-order valence-corrected chi connectivity index (χ4v) is 2.02. The molecule has 1 amide bonds. The van der Waals surface area contributed by atoms with Gasteiger partial charge in [-0.2, -0.15) is 0 Å². The molecular weight excluding hydrogens is 260 g/mol. The predicted octanol–water partition coefficient (Wildman–Crippen LogP) is 1.34. The number of aryl methyl sites for hydroxylation is 2. The maximum Gasteiger partial charge on any atom is 0.276 e. The summed E-state index contributed by atoms with van der Waals surface area (Å²) in [4.78, 5) is 15.4. The summed E-state index contributed by atoms with van der Waals surface area (Å²) in [6, 6.07) is 3.53. The average molecular weight is 272 g/mol. The maximum atomic E-state index is 11.5. The maximum absolute atomic E-state index is 11.5. The molecule has 0 aromatic carbocycles. The van der Waals surface area contributed by atoms with Crippen LogP contribution in [0.2, 0.25) is 0 Å². The number of furan rings is 1. The van der Waals surface area contributed by atoms with Crippen molar-refractivity contribution in [3.8, 4) is 11.3 Å². The van der Waals surface area contributed by atoms with Crippen molar-refractivity contribution < 1.29 is 13.7 Å². The monoisotopic (exact) mass is 272 g/mol. The topological polar surface area (TPSA) is 107 Å². The number of hydrogen-bond acceptors (Lipinski definition) is 6. The number of rotatable bonds is 2. The van der Waals surface area contributed by atoms with E-state index in [0.29, 0.717) is 17.3 Å². The molecule has 2 aromatic heterocycles. The van der Waals surface area contributed by atoms with Crippen molar-refractivity contribution in [2.24, 2.45) is 10.7 Å². The molecule has 7 nitrogen and oxygen atoms in total. The first-order chi connectivity index (χ1) is 9.54. The summed E-state index contributed by atoms with van der Waals surface area (Å²) in [5, 5.41) is 6.27. The van der Waals surface area contributed by atoms with Crippen LogP contribution in [0, 0.1) is 13.8 Å². The first kappa shape index (κ1) is 12.2. The number of carbonyl (C=O) groups is 1. The molecule has 102 valence electrons. The average Bonchev–Trinajstić information content (AvgIpc) is 3.03. The number of nitrogens with two attached hydrogens (primary N) is 1. The normalized spacial score (nSPS) is 16.6. The van der Waals surface area contributed by atoms with Crippen LogP contribution in [0.4, 0.5) is 0 Å². The molecule has 0 spiro atoms. The number of guanidine groups is 1. The number of aliphatic imine (C=N–C) groups is 1. The van der Waals surface area contributed by atoms with Gasteiger partial charge in [-0.05, 0) is 26.0 Å². The van der Waals surface area contributed by atoms with Crippen LogP contribution in [0.15, 0.2) is 31.8 Å². The van der Waals surface area contributed by atoms with Crippen LogP contribution in [-0.4, -0.2) is 17.0 Å². The van der Waals surface area contributed by atoms with E-state index in [2.05, 4.69) is 15.5 Å². The summed E-state index contributed by atoms with van der Waals surface area (Å²) >= 11 is 0. The number of carbonyl (C=O) groups excluding carboxylic acids is 1. The van der Waals surface area contributed by atoms with E-state index in [9.17, 15) is 4.79 Å². The Kier molecular flexibility index (Phi) is 2.67. The summed E-state index contributed by atoms with van der Waals surface area (Å²) in [7, 11) is 0. The van der Waals surface area contributed by atoms with Gasteiger partial charge in [-0.15, -0.1) is 0 Å². The molecule has 0 fully saturated rings. The van der Waals surface area contributed by atoms with E-state index in [-0.39, 0.29) is 17.6 Å². The number of aromatic nitrogens is 1. The highest BCUT2D eigenvalue weighted by atomic mass is 16.5. The zero-order valence-corrected chi connectivity index (χ0v) is 10.9. The van der Waals surface area contributed by atoms with Crippen molar-refractivity contribution in [2.75, 3.05) is 0 Å². The zero-order chi connectivity index (χ0) is 14.3. The highest BCUT2D eigenvalue weighted by Gasteiger charge is 2.19. The van der Waals surface area contributed by atoms with Crippen LogP contribution < -0.4 is 11.1 Å². The molecule has 0 atom stereocenters. The summed E-state index contributed by atoms with van der Waals surface area (Å²) < 4.78 is 10.8. The lowest BCUT2D eigenvalue weighted by Gasteiger charge is -1.94. The molecule has 0 bridgehead atoms. The van der Waals surface area contributed by atoms with Crippen LogP contribution >= 0.6 is 0 Å². The van der Waals surface area contributed by atoms with Gasteiger partial charge < -0.3 is 14.7 Å². The van der Waals surface area contributed by atoms with E-state index in [1.54, 1.807) is 12.1 Å². The van der Waals surface area contributed by atoms with Crippen molar-refractivity contribution in [2.45, 2.75) is 13.8 Å². The fourth-order valence-electron chi connectivity index (χ4n) is 2.02. The molecule has 0 saturated heterocycles. The van der Waals surface area contributed by atoms with Gasteiger partial charge in [0.1, 0.15) is 23.0 Å². The second-order valence-corrected chi connectivity index (χ2v) is 4.38. The minimum atomic E-state index is -0.349. The SMILES string of the molecule is Cc1noc(C)c1-c1ccc(/C=C2/N=C(N)NC2=O)o1. The van der Waals surface area contributed by atoms with Crippen molar-refractivity contribution in [3.05, 3.63) is 35.0 Å². The minimum Gasteiger partial charge on any atom is -0.456 e. The van der Waals surface area contributed by atoms with Gasteiger partial charge in [0.25, 0.3) is 5.91 Å². The van der Waals surface area contributed by atoms with Crippen LogP contribution in [-0.2, 0) is 4.79 Å². The molecule has 3 heterocycles. The molecule has 20 heavy (non-hydrogen) atoms. The molecule has 0 unspecified atom stereocenters. The van der Waals surface area contributed by atoms with Gasteiger partial charge in [0.15, 0.2) is 0 Å². The van der Waals surface area contributed by atoms with E-state index >= 15 is 0 Å². The van der Waals surface area contributed by atoms with Crippen LogP contribution in [0.3, 0.4) is 0 Å². The Hall–Kier alpha value is -2.83. The van der Waals surface area contributed by atoms with E-state index < -0.39 is 0 Å². The Labute approximate surface area is 114 Å². The third kappa shape index (κ3) is 1.99. The summed E-state index contributed by atoms with van der Waals surface area (Å²) in [6.07, 6.45) is 1.52. The lowest BCUT2D eigenvalue weighted by molar-refractivity contribution is -0.115. The van der Waals surface area contributed by atoms with Gasteiger partial charge >= 0.3 is 0 Å². The van der Waals surface area contributed by atoms with Crippen molar-refractivity contribution in [1.82, 2.24) is 10.5 Å². The summed E-state index contributed by atoms with van der Waals surface area (Å²) in [5.74, 6) is 1.54. The molecule has 7 heteroatoms. The molecule has 0 saturated carbocycles. The number of nitrogens with zero attached hydrogens (tertiary/aromatic N) is 2. The smallest absolute Gasteiger partial charge is 0.276 e. The molecule has 2 aromatic rings. The van der Waals surface area contributed by atoms with Gasteiger partial charge in [-0.3, -0.25) is 10.1 Å². The molecular formula is C13H12N4O3. The van der Waals surface area contributed by atoms with Crippen molar-refractivity contribution in [3.63, 3.8) is 0 Å². The molecule has 1 aliphatic heterocycles. The van der Waals surface area contributed by atoms with E-state index in [1.807, 2.05) is 13.8 Å². The van der Waals surface area contributed by atoms with Crippen LogP contribution in [0.1, 0.15) is 17.2 Å². The zero-order valence-electron chi connectivity index (χ0n) is 10.9. The predicted molar refractivity (Wildman–Crippen MR) is 71.4 cm³/mol. The van der Waals surface area contributed by atoms with Crippen molar-refractivity contribution in [1.29, 1.82) is 0 Å². The van der Waals surface area contributed by atoms with E-state index in [1.165, 1.54) is 6.08 Å². The molecule has 0 radical (unpaired) electrons. The molecule has 0 aliphatic carbocycles. The Bertz CT molecular complexity index is 732. The fraction of sp³-hybridized carbons (Fsp3) is 0.154. The molecule has 3 N–H and O–H groups in total. The first-order valence-electron chi connectivity index (χ1n) is 5.95. The highest BCUT2D eigenvalue weighted by Crippen LogP contribution is 2.29. The minimum absolute atomic E-state index is 0.0822. The Morgan fingerprint density at radius 3 is 2.75 bits per heavy atom. The Morgan fingerprint density at radius 2 is 2.15 bits per heavy atom. The second kappa shape index (κ2) is 4.37. The summed E-state index contributed by atoms with van der Waals surface area (Å²) in [6.45, 7) is 3.65. The highest BCUT2D eigenvalue weighted by molar-refractivity contribution is 6.13. The Morgan fingerprint density at radius 1 is 1.35 bits per heavy atom. The largest absolute Gasteiger partial charge is 0.456 e. The summed E-state index contributed by atoms with van der Waals surface area (Å²) in [5.41, 5.74) is 7.19. The van der Waals surface area contributed by atoms with Gasteiger partial charge in [0, 0.05) is 6.08 Å². The van der Waals surface area contributed by atoms with Crippen molar-refractivity contribution >= 4 is 17.9 Å². The number of nitrogens with one attached hydrogen (secondary N) is 1. The number of amides is 1. The standard InChI is InChI=1S/C13H12N4O3/c1-6-11(7(2)20-17-6)10-4-3-8(19-10)5-9-12(18)16-13(14)15-9/h3-5H,1-2H3,(H3,14,15,16,18)/b9-5+. The number of hydrogen-bond donors (Lipinski definition) is 2. The van der Waals surface area contributed by atoms with Gasteiger partial charge in [0.05, 0.1) is 11.3 Å². The van der Waals surface area contributed by atoms with Gasteiger partial charge in [-0.25, -0.2) is 4.99 Å². The molecule has 1 aliphatic rings. The lowest BCUT2D eigenvalue weighted by atomic mass is 10.1. The first-order valence-corrected chi connectivity index (χ1v) is 5.95. The van der Waals surface area contributed by atoms with Crippen LogP contribution in [0.25, 0.3) is 17.4 Å². The third-order valence-corrected chi connectivity index (χ3v) is 2.90. The lowest BCUT2D eigenvalue weighted by Crippen LogP contribution is -2.30. The Balaban J connectivity index is 1.96. The third-order valence-electron chi connectivity index (χ3n) is 2.90. The van der Waals surface area contributed by atoms with Gasteiger partial charge in [-0.1, -0.05) is 5.16 Å². The van der Waals surface area contributed by atoms with E-state index in [4.69, 9.17) is 14.7 Å². The molecule has 3 rings (SSSR count). The van der Waals surface area contributed by atoms with Crippen LogP contribution in [0.5, 0.6) is 0 Å².